The second-order valence-electron chi connectivity index (χ2n) is 21.8. The Morgan fingerprint density at radius 3 is 1.34 bits per heavy atom. The van der Waals surface area contributed by atoms with Gasteiger partial charge in [-0.25, -0.2) is 0 Å². The van der Waals surface area contributed by atoms with Gasteiger partial charge >= 0.3 is 0 Å². The number of likely N-dealkylation sites (N-methyl/N-ethyl adjacent to an activating group) is 2. The molecule has 8 amide bonds. The lowest BCUT2D eigenvalue weighted by atomic mass is 9.85. The predicted octanol–water partition coefficient (Wildman–Crippen LogP) is 1.58. The molecule has 0 aliphatic carbocycles. The van der Waals surface area contributed by atoms with Crippen LogP contribution in [0.25, 0.3) is 0 Å². The first-order valence-electron chi connectivity index (χ1n) is 25.2. The first-order valence-corrected chi connectivity index (χ1v) is 25.2. The van der Waals surface area contributed by atoms with Crippen LogP contribution in [0.1, 0.15) is 114 Å². The number of amides is 8. The van der Waals surface area contributed by atoms with Gasteiger partial charge in [0, 0.05) is 43.3 Å². The van der Waals surface area contributed by atoms with E-state index < -0.39 is 101 Å². The van der Waals surface area contributed by atoms with Gasteiger partial charge in [-0.2, -0.15) is 5.10 Å². The van der Waals surface area contributed by atoms with Gasteiger partial charge in [0.15, 0.2) is 5.69 Å². The standard InChI is InChI=1S/C53H78N12O8/c1-30(23-34-19-15-13-16-20-34)56-48(70)40-25-36(28-64(40)50(72)42(52(5,6)7)60-44(66)32(3)54-11)58-46(68)38-27-39(63-62-38)47(69)59-37-26-41(49(71)57-31(2)24-35-21-17-14-18-22-35)65(29-37)51(73)43(53(8,9)10)61-45(67)33(4)55-12/h13-22,27,30-33,36-37,40-43,54-55H,23-26,28-29H2,1-12H3,(H,56,70)(H,57,71)(H,58,68)(H,59,69)(H,60,66)(H,61,67)(H,62,63)/t30-,31-,32+,33+,36+,37+,40+,41+,42-,43-/m1/s1. The summed E-state index contributed by atoms with van der Waals surface area (Å²) in [5.74, 6) is -3.88. The predicted molar refractivity (Wildman–Crippen MR) is 277 cm³/mol. The molecule has 0 bridgehead atoms. The highest BCUT2D eigenvalue weighted by atomic mass is 16.2. The molecule has 0 radical (unpaired) electrons. The molecule has 2 aliphatic rings. The summed E-state index contributed by atoms with van der Waals surface area (Å²) in [6.45, 7) is 17.9. The fraction of sp³-hybridized carbons (Fsp3) is 0.566. The Kier molecular flexibility index (Phi) is 19.5. The minimum Gasteiger partial charge on any atom is -0.352 e. The zero-order chi connectivity index (χ0) is 53.9. The Morgan fingerprint density at radius 1 is 0.589 bits per heavy atom. The number of hydrogen-bond donors (Lipinski definition) is 9. The molecule has 20 heteroatoms. The van der Waals surface area contributed by atoms with E-state index in [9.17, 15) is 38.4 Å². The van der Waals surface area contributed by atoms with Crippen LogP contribution < -0.4 is 42.5 Å². The molecule has 3 aromatic rings. The molecule has 0 saturated carbocycles. The molecule has 2 fully saturated rings. The molecular weight excluding hydrogens is 933 g/mol. The van der Waals surface area contributed by atoms with Gasteiger partial charge in [-0.1, -0.05) is 102 Å². The molecule has 2 saturated heterocycles. The topological polar surface area (TPSA) is 268 Å². The maximum absolute atomic E-state index is 14.5. The number of carbonyl (C=O) groups is 8. The third-order valence-corrected chi connectivity index (χ3v) is 13.5. The second kappa shape index (κ2) is 24.8. The Morgan fingerprint density at radius 2 is 0.973 bits per heavy atom. The van der Waals surface area contributed by atoms with Crippen molar-refractivity contribution in [2.24, 2.45) is 10.8 Å². The van der Waals surface area contributed by atoms with Crippen molar-refractivity contribution in [2.75, 3.05) is 27.2 Å². The van der Waals surface area contributed by atoms with E-state index in [2.05, 4.69) is 52.7 Å². The maximum Gasteiger partial charge on any atom is 0.272 e. The summed E-state index contributed by atoms with van der Waals surface area (Å²) < 4.78 is 0. The van der Waals surface area contributed by atoms with E-state index in [1.807, 2.05) is 116 Å². The first-order chi connectivity index (χ1) is 34.3. The number of benzene rings is 2. The summed E-state index contributed by atoms with van der Waals surface area (Å²) in [4.78, 5) is 114. The van der Waals surface area contributed by atoms with Crippen molar-refractivity contribution in [3.8, 4) is 0 Å². The van der Waals surface area contributed by atoms with Crippen LogP contribution in [-0.2, 0) is 41.6 Å². The van der Waals surface area contributed by atoms with Crippen LogP contribution in [0.4, 0.5) is 0 Å². The highest BCUT2D eigenvalue weighted by Crippen LogP contribution is 2.29. The van der Waals surface area contributed by atoms with Crippen LogP contribution in [-0.4, -0.2) is 155 Å². The number of nitrogens with one attached hydrogen (secondary N) is 9. The summed E-state index contributed by atoms with van der Waals surface area (Å²) >= 11 is 0. The summed E-state index contributed by atoms with van der Waals surface area (Å²) in [5.41, 5.74) is 0.317. The quantitative estimate of drug-likeness (QED) is 0.0785. The smallest absolute Gasteiger partial charge is 0.272 e. The number of nitrogens with zero attached hydrogens (tertiary/aromatic N) is 3. The van der Waals surface area contributed by atoms with E-state index in [-0.39, 0.29) is 55.3 Å². The summed E-state index contributed by atoms with van der Waals surface area (Å²) in [5, 5.41) is 30.2. The molecule has 398 valence electrons. The number of aromatic nitrogens is 2. The summed E-state index contributed by atoms with van der Waals surface area (Å²) in [6, 6.07) is 13.4. The van der Waals surface area contributed by atoms with E-state index >= 15 is 0 Å². The van der Waals surface area contributed by atoms with Gasteiger partial charge in [-0.3, -0.25) is 43.5 Å². The van der Waals surface area contributed by atoms with Gasteiger partial charge in [0.2, 0.25) is 35.4 Å². The van der Waals surface area contributed by atoms with Gasteiger partial charge < -0.3 is 52.3 Å². The highest BCUT2D eigenvalue weighted by molar-refractivity contribution is 5.99. The Balaban J connectivity index is 1.32. The molecule has 73 heavy (non-hydrogen) atoms. The molecule has 20 nitrogen and oxygen atoms in total. The average Bonchev–Trinajstić information content (AvgIpc) is 4.11. The maximum atomic E-state index is 14.5. The Labute approximate surface area is 429 Å². The van der Waals surface area contributed by atoms with Crippen molar-refractivity contribution in [3.63, 3.8) is 0 Å². The van der Waals surface area contributed by atoms with Crippen LogP contribution in [0.3, 0.4) is 0 Å². The van der Waals surface area contributed by atoms with E-state index in [0.717, 1.165) is 11.1 Å². The van der Waals surface area contributed by atoms with Crippen molar-refractivity contribution >= 4 is 47.3 Å². The van der Waals surface area contributed by atoms with E-state index in [0.29, 0.717) is 12.8 Å². The van der Waals surface area contributed by atoms with Crippen molar-refractivity contribution in [3.05, 3.63) is 89.2 Å². The fourth-order valence-electron chi connectivity index (χ4n) is 9.08. The SMILES string of the molecule is CN[C@@H](C)C(=O)N[C@H](C(=O)N1C[C@@H](NC(=O)c2cc(C(=O)N[C@H]3C[C@@H](C(=O)N[C@H](C)Cc4ccccc4)N(C(=O)[C@@H](NC(=O)[C@H](C)NC)C(C)(C)C)C3)[nH]n2)C[C@H]1C(=O)N[C@H](C)Cc1ccccc1)C(C)(C)C. The lowest BCUT2D eigenvalue weighted by Crippen LogP contribution is -2.60. The van der Waals surface area contributed by atoms with E-state index in [4.69, 9.17) is 0 Å². The van der Waals surface area contributed by atoms with Crippen LogP contribution in [0, 0.1) is 10.8 Å². The molecule has 2 aromatic carbocycles. The van der Waals surface area contributed by atoms with Crippen molar-refractivity contribution in [2.45, 2.75) is 155 Å². The number of H-pyrrole nitrogens is 1. The number of carbonyl (C=O) groups excluding carboxylic acids is 8. The lowest BCUT2D eigenvalue weighted by molar-refractivity contribution is -0.144. The minimum atomic E-state index is -1.01. The molecule has 3 heterocycles. The molecular formula is C53H78N12O8. The number of likely N-dealkylation sites (tertiary alicyclic amines) is 2. The Hall–Kier alpha value is -6.67. The third-order valence-electron chi connectivity index (χ3n) is 13.5. The van der Waals surface area contributed by atoms with Gasteiger partial charge in [-0.15, -0.1) is 0 Å². The van der Waals surface area contributed by atoms with Crippen LogP contribution in [0.5, 0.6) is 0 Å². The van der Waals surface area contributed by atoms with Crippen LogP contribution >= 0.6 is 0 Å². The molecule has 10 atom stereocenters. The second-order valence-corrected chi connectivity index (χ2v) is 21.8. The highest BCUT2D eigenvalue weighted by Gasteiger charge is 2.47. The first kappa shape index (κ1) is 57.2. The van der Waals surface area contributed by atoms with E-state index in [1.54, 1.807) is 27.9 Å². The lowest BCUT2D eigenvalue weighted by Gasteiger charge is -2.36. The zero-order valence-corrected chi connectivity index (χ0v) is 44.5. The van der Waals surface area contributed by atoms with Gasteiger partial charge in [-0.05, 0) is 89.4 Å². The van der Waals surface area contributed by atoms with Crippen LogP contribution in [0.2, 0.25) is 0 Å². The molecule has 9 N–H and O–H groups in total. The van der Waals surface area contributed by atoms with Gasteiger partial charge in [0.25, 0.3) is 11.8 Å². The van der Waals surface area contributed by atoms with Crippen molar-refractivity contribution in [1.29, 1.82) is 0 Å². The monoisotopic (exact) mass is 1010 g/mol. The number of hydrogen-bond acceptors (Lipinski definition) is 11. The molecule has 0 spiro atoms. The zero-order valence-electron chi connectivity index (χ0n) is 44.5. The molecule has 1 aromatic heterocycles. The summed E-state index contributed by atoms with van der Waals surface area (Å²) in [6.07, 6.45) is 1.20. The van der Waals surface area contributed by atoms with Gasteiger partial charge in [0.1, 0.15) is 29.9 Å². The largest absolute Gasteiger partial charge is 0.352 e. The van der Waals surface area contributed by atoms with Crippen molar-refractivity contribution in [1.82, 2.24) is 62.5 Å². The molecule has 2 aliphatic heterocycles. The molecule has 5 rings (SSSR count). The van der Waals surface area contributed by atoms with Gasteiger partial charge in [0.05, 0.1) is 12.1 Å². The molecule has 0 unspecified atom stereocenters. The summed E-state index contributed by atoms with van der Waals surface area (Å²) in [7, 11) is 3.27. The van der Waals surface area contributed by atoms with Crippen molar-refractivity contribution < 1.29 is 38.4 Å². The number of aromatic amines is 1. The third kappa shape index (κ3) is 15.4. The fourth-order valence-corrected chi connectivity index (χ4v) is 9.08. The average molecular weight is 1010 g/mol. The Bertz CT molecular complexity index is 2250. The van der Waals surface area contributed by atoms with E-state index in [1.165, 1.54) is 15.9 Å². The minimum absolute atomic E-state index is 0.0494. The normalized spacial score (nSPS) is 20.4. The van der Waals surface area contributed by atoms with Crippen LogP contribution in [0.15, 0.2) is 66.7 Å². The number of rotatable bonds is 20.